The fraction of sp³-hybridized carbons (Fsp3) is 0.600. The molecule has 0 saturated carbocycles. The van der Waals surface area contributed by atoms with Gasteiger partial charge in [0.1, 0.15) is 19.2 Å². The van der Waals surface area contributed by atoms with Crippen LogP contribution >= 0.6 is 0 Å². The van der Waals surface area contributed by atoms with E-state index in [-0.39, 0.29) is 12.2 Å². The lowest BCUT2D eigenvalue weighted by Crippen LogP contribution is -3.13. The van der Waals surface area contributed by atoms with E-state index in [0.717, 1.165) is 26.1 Å². The summed E-state index contributed by atoms with van der Waals surface area (Å²) in [5.74, 6) is 0. The first-order chi connectivity index (χ1) is 8.65. The quantitative estimate of drug-likeness (QED) is 0.794. The summed E-state index contributed by atoms with van der Waals surface area (Å²) in [7, 11) is 0. The summed E-state index contributed by atoms with van der Waals surface area (Å²) in [6.07, 6.45) is 0.952. The molecule has 1 aliphatic heterocycles. The van der Waals surface area contributed by atoms with Gasteiger partial charge in [-0.15, -0.1) is 0 Å². The molecular weight excluding hydrogens is 226 g/mol. The molecule has 18 heavy (non-hydrogen) atoms. The topological polar surface area (TPSA) is 33.9 Å². The second-order valence-electron chi connectivity index (χ2n) is 5.44. The maximum Gasteiger partial charge on any atom is 0.126 e. The maximum atomic E-state index is 9.95. The van der Waals surface area contributed by atoms with Crippen molar-refractivity contribution in [3.05, 3.63) is 35.4 Å². The molecule has 0 spiro atoms. The average molecular weight is 250 g/mol. The molecule has 1 aliphatic rings. The van der Waals surface area contributed by atoms with Gasteiger partial charge in [-0.05, 0) is 19.4 Å². The third kappa shape index (κ3) is 3.80. The third-order valence-corrected chi connectivity index (χ3v) is 3.45. The molecule has 0 aromatic heterocycles. The van der Waals surface area contributed by atoms with Gasteiger partial charge in [0, 0.05) is 12.0 Å². The molecule has 0 fully saturated rings. The van der Waals surface area contributed by atoms with Crippen LogP contribution in [-0.2, 0) is 17.7 Å². The van der Waals surface area contributed by atoms with E-state index in [1.54, 1.807) is 0 Å². The molecule has 2 rings (SSSR count). The zero-order valence-electron chi connectivity index (χ0n) is 11.4. The highest BCUT2D eigenvalue weighted by Gasteiger charge is 2.21. The Morgan fingerprint density at radius 2 is 2.00 bits per heavy atom. The molecule has 0 bridgehead atoms. The number of rotatable bonds is 5. The van der Waals surface area contributed by atoms with Crippen LogP contribution in [0.25, 0.3) is 0 Å². The van der Waals surface area contributed by atoms with Gasteiger partial charge in [-0.1, -0.05) is 24.3 Å². The molecular formula is C15H24NO2+. The number of hydrogen-bond acceptors (Lipinski definition) is 2. The van der Waals surface area contributed by atoms with Crippen LogP contribution in [0.1, 0.15) is 25.0 Å². The summed E-state index contributed by atoms with van der Waals surface area (Å²) in [6.45, 7) is 7.35. The van der Waals surface area contributed by atoms with E-state index in [4.69, 9.17) is 4.74 Å². The number of quaternary nitrogens is 1. The van der Waals surface area contributed by atoms with E-state index < -0.39 is 0 Å². The van der Waals surface area contributed by atoms with Crippen molar-refractivity contribution < 1.29 is 14.7 Å². The zero-order chi connectivity index (χ0) is 13.0. The van der Waals surface area contributed by atoms with Gasteiger partial charge in [-0.3, -0.25) is 0 Å². The van der Waals surface area contributed by atoms with Gasteiger partial charge in [0.05, 0.1) is 19.3 Å². The Morgan fingerprint density at radius 3 is 2.72 bits per heavy atom. The smallest absolute Gasteiger partial charge is 0.126 e. The fourth-order valence-electron chi connectivity index (χ4n) is 2.51. The Kier molecular flexibility index (Phi) is 4.75. The SMILES string of the molecule is CC(C)OC[C@@H](O)C[NH+]1CCc2ccccc2C1. The standard InChI is InChI=1S/C15H23NO2/c1-12(2)18-11-15(17)10-16-8-7-13-5-3-4-6-14(13)9-16/h3-6,12,15,17H,7-11H2,1-2H3/p+1/t15-/m0/s1. The highest BCUT2D eigenvalue weighted by atomic mass is 16.5. The monoisotopic (exact) mass is 250 g/mol. The largest absolute Gasteiger partial charge is 0.385 e. The summed E-state index contributed by atoms with van der Waals surface area (Å²) in [6, 6.07) is 8.62. The van der Waals surface area contributed by atoms with Crippen LogP contribution in [0.15, 0.2) is 24.3 Å². The Bertz CT molecular complexity index is 379. The Morgan fingerprint density at radius 1 is 1.28 bits per heavy atom. The molecule has 1 heterocycles. The lowest BCUT2D eigenvalue weighted by molar-refractivity contribution is -0.919. The minimum atomic E-state index is -0.354. The van der Waals surface area contributed by atoms with E-state index in [1.807, 2.05) is 13.8 Å². The average Bonchev–Trinajstić information content (AvgIpc) is 2.36. The first kappa shape index (κ1) is 13.5. The molecule has 1 unspecified atom stereocenters. The van der Waals surface area contributed by atoms with E-state index >= 15 is 0 Å². The maximum absolute atomic E-state index is 9.95. The lowest BCUT2D eigenvalue weighted by Gasteiger charge is -2.27. The van der Waals surface area contributed by atoms with Crippen LogP contribution in [0.2, 0.25) is 0 Å². The van der Waals surface area contributed by atoms with Crippen LogP contribution in [0, 0.1) is 0 Å². The second kappa shape index (κ2) is 6.32. The van der Waals surface area contributed by atoms with Crippen molar-refractivity contribution in [2.24, 2.45) is 0 Å². The number of fused-ring (bicyclic) bond motifs is 1. The predicted octanol–water partition coefficient (Wildman–Crippen LogP) is 0.414. The lowest BCUT2D eigenvalue weighted by atomic mass is 10.00. The Labute approximate surface area is 109 Å². The van der Waals surface area contributed by atoms with Gasteiger partial charge in [-0.25, -0.2) is 0 Å². The van der Waals surface area contributed by atoms with Gasteiger partial charge in [-0.2, -0.15) is 0 Å². The molecule has 0 aliphatic carbocycles. The number of nitrogens with one attached hydrogen (secondary N) is 1. The van der Waals surface area contributed by atoms with Gasteiger partial charge in [0.25, 0.3) is 0 Å². The molecule has 1 aromatic carbocycles. The van der Waals surface area contributed by atoms with Crippen LogP contribution in [-0.4, -0.2) is 37.0 Å². The minimum Gasteiger partial charge on any atom is -0.385 e. The van der Waals surface area contributed by atoms with Crippen LogP contribution in [0.4, 0.5) is 0 Å². The van der Waals surface area contributed by atoms with E-state index in [9.17, 15) is 5.11 Å². The van der Waals surface area contributed by atoms with E-state index in [1.165, 1.54) is 16.0 Å². The van der Waals surface area contributed by atoms with Gasteiger partial charge < -0.3 is 14.7 Å². The highest BCUT2D eigenvalue weighted by Crippen LogP contribution is 2.10. The minimum absolute atomic E-state index is 0.191. The molecule has 100 valence electrons. The first-order valence-corrected chi connectivity index (χ1v) is 6.85. The molecule has 2 N–H and O–H groups in total. The molecule has 0 amide bonds. The number of benzene rings is 1. The number of hydrogen-bond donors (Lipinski definition) is 2. The molecule has 0 saturated heterocycles. The van der Waals surface area contributed by atoms with Crippen molar-refractivity contribution in [3.8, 4) is 0 Å². The number of ether oxygens (including phenoxy) is 1. The Hall–Kier alpha value is -0.900. The summed E-state index contributed by atoms with van der Waals surface area (Å²) >= 11 is 0. The van der Waals surface area contributed by atoms with Crippen molar-refractivity contribution in [3.63, 3.8) is 0 Å². The number of aliphatic hydroxyl groups excluding tert-OH is 1. The van der Waals surface area contributed by atoms with Crippen LogP contribution < -0.4 is 4.90 Å². The fourth-order valence-corrected chi connectivity index (χ4v) is 2.51. The van der Waals surface area contributed by atoms with Crippen molar-refractivity contribution >= 4 is 0 Å². The van der Waals surface area contributed by atoms with Gasteiger partial charge in [0.15, 0.2) is 0 Å². The first-order valence-electron chi connectivity index (χ1n) is 6.85. The molecule has 2 atom stereocenters. The predicted molar refractivity (Wildman–Crippen MR) is 71.6 cm³/mol. The molecule has 1 aromatic rings. The van der Waals surface area contributed by atoms with Gasteiger partial charge in [0.2, 0.25) is 0 Å². The summed E-state index contributed by atoms with van der Waals surface area (Å²) in [4.78, 5) is 1.45. The van der Waals surface area contributed by atoms with E-state index in [0.29, 0.717) is 6.61 Å². The molecule has 0 radical (unpaired) electrons. The zero-order valence-corrected chi connectivity index (χ0v) is 11.4. The van der Waals surface area contributed by atoms with E-state index in [2.05, 4.69) is 24.3 Å². The summed E-state index contributed by atoms with van der Waals surface area (Å²) < 4.78 is 5.45. The number of aliphatic hydroxyl groups is 1. The molecule has 3 heteroatoms. The van der Waals surface area contributed by atoms with Crippen molar-refractivity contribution in [2.45, 2.75) is 39.0 Å². The van der Waals surface area contributed by atoms with Crippen molar-refractivity contribution in [1.82, 2.24) is 0 Å². The molecule has 3 nitrogen and oxygen atoms in total. The summed E-state index contributed by atoms with van der Waals surface area (Å²) in [5.41, 5.74) is 2.89. The summed E-state index contributed by atoms with van der Waals surface area (Å²) in [5, 5.41) is 9.95. The van der Waals surface area contributed by atoms with Crippen molar-refractivity contribution in [1.29, 1.82) is 0 Å². The highest BCUT2D eigenvalue weighted by molar-refractivity contribution is 5.27. The van der Waals surface area contributed by atoms with Crippen molar-refractivity contribution in [2.75, 3.05) is 19.7 Å². The van der Waals surface area contributed by atoms with Crippen LogP contribution in [0.3, 0.4) is 0 Å². The second-order valence-corrected chi connectivity index (χ2v) is 5.44. The third-order valence-electron chi connectivity index (χ3n) is 3.45. The Balaban J connectivity index is 1.82. The normalized spacial score (nSPS) is 20.8. The van der Waals surface area contributed by atoms with Gasteiger partial charge >= 0.3 is 0 Å². The van der Waals surface area contributed by atoms with Crippen LogP contribution in [0.5, 0.6) is 0 Å².